The van der Waals surface area contributed by atoms with Gasteiger partial charge in [-0.15, -0.1) is 11.3 Å². The second-order valence-corrected chi connectivity index (χ2v) is 4.67. The minimum atomic E-state index is -0.506. The number of amides is 1. The number of aliphatic hydroxyl groups excluding tert-OH is 1. The average Bonchev–Trinajstić information content (AvgIpc) is 2.85. The fourth-order valence-electron chi connectivity index (χ4n) is 1.52. The molecule has 2 N–H and O–H groups in total. The maximum atomic E-state index is 12.0. The molecule has 0 bridgehead atoms. The summed E-state index contributed by atoms with van der Waals surface area (Å²) in [6, 6.07) is -0.347. The molecule has 1 amide bonds. The first-order chi connectivity index (χ1) is 8.67. The summed E-state index contributed by atoms with van der Waals surface area (Å²) in [6.45, 7) is 1.69. The van der Waals surface area contributed by atoms with Crippen LogP contribution in [0, 0.1) is 0 Å². The summed E-state index contributed by atoms with van der Waals surface area (Å²) in [7, 11) is 0. The molecule has 6 nitrogen and oxygen atoms in total. The second kappa shape index (κ2) is 5.28. The quantitative estimate of drug-likeness (QED) is 0.832. The number of fused-ring (bicyclic) bond motifs is 1. The molecule has 7 heteroatoms. The zero-order chi connectivity index (χ0) is 13.1. The van der Waals surface area contributed by atoms with Crippen molar-refractivity contribution in [3.8, 4) is 0 Å². The van der Waals surface area contributed by atoms with Gasteiger partial charge in [-0.25, -0.2) is 4.98 Å². The smallest absolute Gasteiger partial charge is 0.271 e. The number of aliphatic hydroxyl groups is 1. The number of hydrogen-bond donors (Lipinski definition) is 2. The highest BCUT2D eigenvalue weighted by molar-refractivity contribution is 7.15. The van der Waals surface area contributed by atoms with Crippen LogP contribution in [0.2, 0.25) is 0 Å². The molecular weight excluding hydrogens is 254 g/mol. The molecule has 0 saturated carbocycles. The van der Waals surface area contributed by atoms with Crippen molar-refractivity contribution in [2.24, 2.45) is 0 Å². The number of carbonyl (C=O) groups is 1. The molecule has 0 radical (unpaired) electrons. The van der Waals surface area contributed by atoms with Crippen LogP contribution in [-0.4, -0.2) is 33.0 Å². The zero-order valence-corrected chi connectivity index (χ0v) is 10.6. The van der Waals surface area contributed by atoms with Crippen molar-refractivity contribution >= 4 is 22.2 Å². The van der Waals surface area contributed by atoms with Crippen LogP contribution in [0.5, 0.6) is 0 Å². The summed E-state index contributed by atoms with van der Waals surface area (Å²) in [5.74, 6) is -0.506. The number of aromatic nitrogens is 2. The van der Waals surface area contributed by atoms with Crippen molar-refractivity contribution in [1.82, 2.24) is 14.7 Å². The molecule has 0 unspecified atom stereocenters. The van der Waals surface area contributed by atoms with E-state index >= 15 is 0 Å². The van der Waals surface area contributed by atoms with E-state index in [-0.39, 0.29) is 18.2 Å². The van der Waals surface area contributed by atoms with E-state index < -0.39 is 11.5 Å². The summed E-state index contributed by atoms with van der Waals surface area (Å²) in [5.41, 5.74) is -0.413. The first-order valence-corrected chi connectivity index (χ1v) is 6.42. The maximum Gasteiger partial charge on any atom is 0.271 e. The molecule has 96 valence electrons. The number of nitrogens with zero attached hydrogens (tertiary/aromatic N) is 2. The fourth-order valence-corrected chi connectivity index (χ4v) is 2.20. The molecule has 2 heterocycles. The Balaban J connectivity index is 2.33. The third-order valence-electron chi connectivity index (χ3n) is 2.64. The van der Waals surface area contributed by atoms with Gasteiger partial charge in [0.15, 0.2) is 4.96 Å². The van der Waals surface area contributed by atoms with Crippen molar-refractivity contribution in [2.45, 2.75) is 19.4 Å². The van der Waals surface area contributed by atoms with Crippen LogP contribution >= 0.6 is 11.3 Å². The van der Waals surface area contributed by atoms with Gasteiger partial charge in [0.2, 0.25) is 0 Å². The maximum absolute atomic E-state index is 12.0. The lowest BCUT2D eigenvalue weighted by Gasteiger charge is -2.13. The number of rotatable bonds is 4. The van der Waals surface area contributed by atoms with Crippen LogP contribution in [0.15, 0.2) is 22.6 Å². The highest BCUT2D eigenvalue weighted by Crippen LogP contribution is 2.05. The zero-order valence-electron chi connectivity index (χ0n) is 9.79. The van der Waals surface area contributed by atoms with Crippen molar-refractivity contribution < 1.29 is 9.90 Å². The van der Waals surface area contributed by atoms with Gasteiger partial charge >= 0.3 is 0 Å². The number of carbonyl (C=O) groups excluding carboxylic acids is 1. The van der Waals surface area contributed by atoms with Crippen LogP contribution < -0.4 is 10.9 Å². The average molecular weight is 267 g/mol. The molecule has 0 spiro atoms. The molecule has 18 heavy (non-hydrogen) atoms. The monoisotopic (exact) mass is 267 g/mol. The van der Waals surface area contributed by atoms with E-state index in [1.54, 1.807) is 11.6 Å². The Morgan fingerprint density at radius 1 is 1.67 bits per heavy atom. The van der Waals surface area contributed by atoms with E-state index in [0.717, 1.165) is 0 Å². The van der Waals surface area contributed by atoms with E-state index in [0.29, 0.717) is 11.4 Å². The van der Waals surface area contributed by atoms with Crippen LogP contribution in [-0.2, 0) is 0 Å². The minimum Gasteiger partial charge on any atom is -0.394 e. The Kier molecular flexibility index (Phi) is 3.73. The Morgan fingerprint density at radius 2 is 2.44 bits per heavy atom. The molecule has 0 saturated heterocycles. The summed E-state index contributed by atoms with van der Waals surface area (Å²) in [5, 5.41) is 13.3. The Morgan fingerprint density at radius 3 is 3.11 bits per heavy atom. The first kappa shape index (κ1) is 12.7. The number of thiazole rings is 1. The number of hydrogen-bond acceptors (Lipinski definition) is 5. The predicted octanol–water partition coefficient (Wildman–Crippen LogP) is 0.257. The summed E-state index contributed by atoms with van der Waals surface area (Å²) >= 11 is 1.32. The lowest BCUT2D eigenvalue weighted by molar-refractivity contribution is 0.0913. The van der Waals surface area contributed by atoms with Gasteiger partial charge in [0.25, 0.3) is 11.5 Å². The van der Waals surface area contributed by atoms with E-state index in [1.807, 2.05) is 6.92 Å². The van der Waals surface area contributed by atoms with E-state index in [1.165, 1.54) is 21.9 Å². The highest BCUT2D eigenvalue weighted by atomic mass is 32.1. The molecule has 0 aliphatic heterocycles. The summed E-state index contributed by atoms with van der Waals surface area (Å²) in [6.07, 6.45) is 3.45. The summed E-state index contributed by atoms with van der Waals surface area (Å²) < 4.78 is 1.33. The fraction of sp³-hybridized carbons (Fsp3) is 0.364. The Bertz CT molecular complexity index is 615. The molecule has 1 atom stereocenters. The molecule has 0 aliphatic rings. The highest BCUT2D eigenvalue weighted by Gasteiger charge is 2.16. The molecule has 0 aliphatic carbocycles. The topological polar surface area (TPSA) is 83.7 Å². The van der Waals surface area contributed by atoms with Crippen LogP contribution in [0.1, 0.15) is 23.7 Å². The van der Waals surface area contributed by atoms with Crippen LogP contribution in [0.25, 0.3) is 4.96 Å². The third-order valence-corrected chi connectivity index (χ3v) is 3.41. The van der Waals surface area contributed by atoms with E-state index in [4.69, 9.17) is 5.11 Å². The van der Waals surface area contributed by atoms with Gasteiger partial charge in [-0.05, 0) is 6.42 Å². The standard InChI is InChI=1S/C11H13N3O3S/c1-2-7(6-15)13-9(16)8-5-12-11-14(10(8)17)3-4-18-11/h3-5,7,15H,2,6H2,1H3,(H,13,16)/t7-/m1/s1. The SMILES string of the molecule is CC[C@H](CO)NC(=O)c1cnc2sccn2c1=O. The number of nitrogens with one attached hydrogen (secondary N) is 1. The van der Waals surface area contributed by atoms with Gasteiger partial charge in [0.05, 0.1) is 12.6 Å². The van der Waals surface area contributed by atoms with Gasteiger partial charge in [-0.2, -0.15) is 0 Å². The van der Waals surface area contributed by atoms with Crippen LogP contribution in [0.3, 0.4) is 0 Å². The lowest BCUT2D eigenvalue weighted by Crippen LogP contribution is -2.39. The van der Waals surface area contributed by atoms with E-state index in [2.05, 4.69) is 10.3 Å². The molecule has 0 fully saturated rings. The second-order valence-electron chi connectivity index (χ2n) is 3.79. The van der Waals surface area contributed by atoms with Crippen molar-refractivity contribution in [1.29, 1.82) is 0 Å². The van der Waals surface area contributed by atoms with Gasteiger partial charge < -0.3 is 10.4 Å². The molecule has 2 aromatic rings. The third kappa shape index (κ3) is 2.27. The first-order valence-electron chi connectivity index (χ1n) is 5.54. The predicted molar refractivity (Wildman–Crippen MR) is 68.0 cm³/mol. The normalized spacial score (nSPS) is 12.6. The molecular formula is C11H13N3O3S. The van der Waals surface area contributed by atoms with Crippen LogP contribution in [0.4, 0.5) is 0 Å². The van der Waals surface area contributed by atoms with Gasteiger partial charge in [0.1, 0.15) is 5.56 Å². The van der Waals surface area contributed by atoms with E-state index in [9.17, 15) is 9.59 Å². The van der Waals surface area contributed by atoms with Gasteiger partial charge in [0, 0.05) is 17.8 Å². The summed E-state index contributed by atoms with van der Waals surface area (Å²) in [4.78, 5) is 28.5. The Labute approximate surface area is 107 Å². The molecule has 2 rings (SSSR count). The lowest BCUT2D eigenvalue weighted by atomic mass is 10.2. The Hall–Kier alpha value is -1.73. The van der Waals surface area contributed by atoms with Gasteiger partial charge in [-0.3, -0.25) is 14.0 Å². The van der Waals surface area contributed by atoms with Crippen molar-refractivity contribution in [3.63, 3.8) is 0 Å². The van der Waals surface area contributed by atoms with Gasteiger partial charge in [-0.1, -0.05) is 6.92 Å². The molecule has 2 aromatic heterocycles. The van der Waals surface area contributed by atoms with Crippen molar-refractivity contribution in [2.75, 3.05) is 6.61 Å². The van der Waals surface area contributed by atoms with Crippen molar-refractivity contribution in [3.05, 3.63) is 33.7 Å². The molecule has 0 aromatic carbocycles. The minimum absolute atomic E-state index is 0.0159. The largest absolute Gasteiger partial charge is 0.394 e.